The Balaban J connectivity index is 1.08. The molecule has 3 aliphatic rings. The van der Waals surface area contributed by atoms with Gasteiger partial charge in [0, 0.05) is 68.8 Å². The molecule has 2 fully saturated rings. The van der Waals surface area contributed by atoms with Crippen molar-refractivity contribution in [3.63, 3.8) is 0 Å². The van der Waals surface area contributed by atoms with Crippen molar-refractivity contribution >= 4 is 46.8 Å². The lowest BCUT2D eigenvalue weighted by Crippen LogP contribution is -2.44. The molecule has 0 radical (unpaired) electrons. The van der Waals surface area contributed by atoms with Gasteiger partial charge in [-0.2, -0.15) is 0 Å². The highest BCUT2D eigenvalue weighted by Crippen LogP contribution is 2.34. The first kappa shape index (κ1) is 29.0. The lowest BCUT2D eigenvalue weighted by Gasteiger charge is -2.33. The molecule has 11 nitrogen and oxygen atoms in total. The number of hydrogen-bond donors (Lipinski definition) is 4. The molecule has 226 valence electrons. The molecule has 0 unspecified atom stereocenters. The molecule has 1 aromatic carbocycles. The van der Waals surface area contributed by atoms with Crippen molar-refractivity contribution in [1.29, 1.82) is 0 Å². The first-order chi connectivity index (χ1) is 21.0. The van der Waals surface area contributed by atoms with E-state index in [1.807, 2.05) is 29.3 Å². The molecule has 43 heavy (non-hydrogen) atoms. The fraction of sp³-hybridized carbons (Fsp3) is 0.452. The second-order valence-corrected chi connectivity index (χ2v) is 11.7. The minimum atomic E-state index is -0.127. The summed E-state index contributed by atoms with van der Waals surface area (Å²) in [5.74, 6) is 2.23. The number of anilines is 3. The van der Waals surface area contributed by atoms with E-state index in [4.69, 9.17) is 16.3 Å². The fourth-order valence-electron chi connectivity index (χ4n) is 5.97. The van der Waals surface area contributed by atoms with E-state index in [0.717, 1.165) is 50.2 Å². The lowest BCUT2D eigenvalue weighted by molar-refractivity contribution is -0.137. The maximum atomic E-state index is 13.0. The minimum Gasteiger partial charge on any atom is -0.489 e. The number of nitrogens with zero attached hydrogens (tertiary/aromatic N) is 4. The van der Waals surface area contributed by atoms with Crippen LogP contribution in [0.3, 0.4) is 0 Å². The van der Waals surface area contributed by atoms with Crippen LogP contribution in [-0.4, -0.2) is 68.9 Å². The summed E-state index contributed by atoms with van der Waals surface area (Å²) in [4.78, 5) is 43.7. The van der Waals surface area contributed by atoms with E-state index in [2.05, 4.69) is 35.9 Å². The van der Waals surface area contributed by atoms with Gasteiger partial charge in [-0.25, -0.2) is 15.0 Å². The summed E-state index contributed by atoms with van der Waals surface area (Å²) in [6, 6.07) is 5.55. The number of H-pyrrole nitrogens is 1. The highest BCUT2D eigenvalue weighted by Gasteiger charge is 2.30. The first-order valence-electron chi connectivity index (χ1n) is 15.1. The van der Waals surface area contributed by atoms with E-state index >= 15 is 0 Å². The molecule has 2 aromatic heterocycles. The van der Waals surface area contributed by atoms with E-state index in [1.54, 1.807) is 12.4 Å². The highest BCUT2D eigenvalue weighted by molar-refractivity contribution is 6.32. The van der Waals surface area contributed by atoms with Gasteiger partial charge in [0.1, 0.15) is 29.8 Å². The molecule has 4 heterocycles. The van der Waals surface area contributed by atoms with Crippen LogP contribution in [0.4, 0.5) is 17.3 Å². The van der Waals surface area contributed by atoms with Crippen LogP contribution in [0.2, 0.25) is 5.02 Å². The molecule has 2 aliphatic heterocycles. The Kier molecular flexibility index (Phi) is 9.07. The number of carbonyl (C=O) groups is 2. The molecule has 3 aromatic rings. The number of aromatic amines is 1. The van der Waals surface area contributed by atoms with Gasteiger partial charge in [-0.15, -0.1) is 0 Å². The van der Waals surface area contributed by atoms with E-state index < -0.39 is 0 Å². The summed E-state index contributed by atoms with van der Waals surface area (Å²) in [7, 11) is 0. The van der Waals surface area contributed by atoms with Crippen molar-refractivity contribution in [2.24, 2.45) is 5.92 Å². The molecule has 1 saturated heterocycles. The summed E-state index contributed by atoms with van der Waals surface area (Å²) in [5.41, 5.74) is 2.98. The number of nitrogens with one attached hydrogen (secondary N) is 4. The topological polar surface area (TPSA) is 137 Å². The summed E-state index contributed by atoms with van der Waals surface area (Å²) in [5, 5.41) is 10.1. The van der Waals surface area contributed by atoms with Crippen molar-refractivity contribution in [3.05, 3.63) is 58.9 Å². The largest absolute Gasteiger partial charge is 0.489 e. The SMILES string of the molecule is O=C(NCCc1c[nH]cn1)C1=Cc2c(ncnc2Nc2ccc(OC3CCN(C(=O)C4CCCC4)CC3)c(Cl)c2)NCC1. The Hall–Kier alpha value is -4.12. The quantitative estimate of drug-likeness (QED) is 0.275. The van der Waals surface area contributed by atoms with Gasteiger partial charge in [-0.3, -0.25) is 9.59 Å². The van der Waals surface area contributed by atoms with E-state index in [-0.39, 0.29) is 17.9 Å². The van der Waals surface area contributed by atoms with Gasteiger partial charge in [0.05, 0.1) is 22.6 Å². The second kappa shape index (κ2) is 13.5. The average Bonchev–Trinajstić information content (AvgIpc) is 3.70. The zero-order chi connectivity index (χ0) is 29.6. The van der Waals surface area contributed by atoms with Crippen LogP contribution < -0.4 is 20.7 Å². The van der Waals surface area contributed by atoms with Crippen LogP contribution in [0.25, 0.3) is 6.08 Å². The van der Waals surface area contributed by atoms with Crippen molar-refractivity contribution in [2.75, 3.05) is 36.8 Å². The Morgan fingerprint density at radius 2 is 1.93 bits per heavy atom. The Morgan fingerprint density at radius 3 is 2.70 bits per heavy atom. The standard InChI is InChI=1S/C31H37ClN8O3/c32-26-16-22(5-6-27(26)43-24-9-13-40(14-10-24)31(42)20-3-1-2-4-20)39-29-25-15-21(7-11-34-28(25)37-19-38-29)30(41)35-12-8-23-17-33-18-36-23/h5-6,15-20,24H,1-4,7-14H2,(H,33,36)(H,35,41)(H2,34,37,38,39). The van der Waals surface area contributed by atoms with Gasteiger partial charge in [0.2, 0.25) is 11.8 Å². The Bertz CT molecular complexity index is 1460. The number of halogens is 1. The summed E-state index contributed by atoms with van der Waals surface area (Å²) in [6.45, 7) is 2.51. The monoisotopic (exact) mass is 604 g/mol. The normalized spacial score (nSPS) is 17.4. The van der Waals surface area contributed by atoms with E-state index in [0.29, 0.717) is 65.4 Å². The van der Waals surface area contributed by atoms with E-state index in [9.17, 15) is 9.59 Å². The van der Waals surface area contributed by atoms with Gasteiger partial charge >= 0.3 is 0 Å². The van der Waals surface area contributed by atoms with Crippen LogP contribution in [0, 0.1) is 5.92 Å². The molecule has 0 spiro atoms. The molecule has 0 atom stereocenters. The zero-order valence-corrected chi connectivity index (χ0v) is 24.8. The molecular formula is C31H37ClN8O3. The highest BCUT2D eigenvalue weighted by atomic mass is 35.5. The number of rotatable bonds is 9. The number of imidazole rings is 1. The summed E-state index contributed by atoms with van der Waals surface area (Å²) >= 11 is 6.65. The molecular weight excluding hydrogens is 568 g/mol. The summed E-state index contributed by atoms with van der Waals surface area (Å²) in [6.07, 6.45) is 14.0. The second-order valence-electron chi connectivity index (χ2n) is 11.3. The average molecular weight is 605 g/mol. The number of piperidine rings is 1. The number of aromatic nitrogens is 4. The van der Waals surface area contributed by atoms with Crippen LogP contribution in [-0.2, 0) is 16.0 Å². The van der Waals surface area contributed by atoms with Gasteiger partial charge in [0.15, 0.2) is 0 Å². The van der Waals surface area contributed by atoms with Crippen LogP contribution >= 0.6 is 11.6 Å². The molecule has 4 N–H and O–H groups in total. The number of ether oxygens (including phenoxy) is 1. The van der Waals surface area contributed by atoms with Crippen molar-refractivity contribution in [3.8, 4) is 5.75 Å². The molecule has 1 saturated carbocycles. The minimum absolute atomic E-state index is 0.0154. The van der Waals surface area contributed by atoms with Gasteiger partial charge in [-0.1, -0.05) is 24.4 Å². The number of benzene rings is 1. The van der Waals surface area contributed by atoms with Crippen molar-refractivity contribution < 1.29 is 14.3 Å². The maximum absolute atomic E-state index is 13.0. The third-order valence-corrected chi connectivity index (χ3v) is 8.64. The van der Waals surface area contributed by atoms with Gasteiger partial charge < -0.3 is 30.6 Å². The summed E-state index contributed by atoms with van der Waals surface area (Å²) < 4.78 is 6.26. The molecule has 12 heteroatoms. The zero-order valence-electron chi connectivity index (χ0n) is 24.1. The third kappa shape index (κ3) is 7.10. The Morgan fingerprint density at radius 1 is 1.09 bits per heavy atom. The van der Waals surface area contributed by atoms with Crippen LogP contribution in [0.15, 0.2) is 42.6 Å². The molecule has 2 amide bonds. The number of hydrogen-bond acceptors (Lipinski definition) is 8. The Labute approximate surface area is 255 Å². The fourth-order valence-corrected chi connectivity index (χ4v) is 6.20. The maximum Gasteiger partial charge on any atom is 0.247 e. The molecule has 1 aliphatic carbocycles. The number of carbonyl (C=O) groups excluding carboxylic acids is 2. The first-order valence-corrected chi connectivity index (χ1v) is 15.5. The van der Waals surface area contributed by atoms with Crippen molar-refractivity contribution in [1.82, 2.24) is 30.2 Å². The third-order valence-electron chi connectivity index (χ3n) is 8.35. The molecule has 6 rings (SSSR count). The number of fused-ring (bicyclic) bond motifs is 1. The van der Waals surface area contributed by atoms with Crippen LogP contribution in [0.1, 0.15) is 56.2 Å². The molecule has 0 bridgehead atoms. The van der Waals surface area contributed by atoms with Gasteiger partial charge in [0.25, 0.3) is 0 Å². The predicted molar refractivity (Wildman–Crippen MR) is 165 cm³/mol. The number of likely N-dealkylation sites (tertiary alicyclic amines) is 1. The van der Waals surface area contributed by atoms with Crippen LogP contribution in [0.5, 0.6) is 5.75 Å². The number of amides is 2. The van der Waals surface area contributed by atoms with E-state index in [1.165, 1.54) is 19.2 Å². The van der Waals surface area contributed by atoms with Gasteiger partial charge in [-0.05, 0) is 43.5 Å². The lowest BCUT2D eigenvalue weighted by atomic mass is 10.0. The smallest absolute Gasteiger partial charge is 0.247 e. The predicted octanol–water partition coefficient (Wildman–Crippen LogP) is 4.71. The van der Waals surface area contributed by atoms with Crippen molar-refractivity contribution in [2.45, 2.75) is 57.5 Å².